The van der Waals surface area contributed by atoms with Crippen LogP contribution < -0.4 is 10.6 Å². The molecule has 0 radical (unpaired) electrons. The molecule has 0 saturated heterocycles. The number of hydrogen-bond donors (Lipinski definition) is 2. The van der Waals surface area contributed by atoms with Gasteiger partial charge in [-0.15, -0.1) is 0 Å². The number of halogens is 2. The topological polar surface area (TPSA) is 37.2 Å². The number of rotatable bonds is 7. The maximum atomic E-state index is 13.0. The van der Waals surface area contributed by atoms with E-state index in [1.165, 1.54) is 6.07 Å². The van der Waals surface area contributed by atoms with Crippen LogP contribution in [-0.2, 0) is 5.75 Å². The van der Waals surface area contributed by atoms with E-state index in [9.17, 15) is 8.78 Å². The average molecular weight is 342 g/mol. The van der Waals surface area contributed by atoms with Crippen molar-refractivity contribution in [1.29, 1.82) is 0 Å². The molecule has 0 spiro atoms. The number of furan rings is 1. The molecule has 0 fully saturated rings. The largest absolute Gasteiger partial charge is 0.468 e. The molecule has 0 aliphatic rings. The van der Waals surface area contributed by atoms with E-state index < -0.39 is 11.6 Å². The first-order chi connectivity index (χ1) is 10.6. The predicted molar refractivity (Wildman–Crippen MR) is 90.1 cm³/mol. The summed E-state index contributed by atoms with van der Waals surface area (Å²) in [5.41, 5.74) is 0.420. The van der Waals surface area contributed by atoms with Gasteiger partial charge < -0.3 is 15.1 Å². The van der Waals surface area contributed by atoms with Crippen LogP contribution in [0.1, 0.15) is 12.2 Å². The molecule has 7 heteroatoms. The molecule has 0 unspecified atom stereocenters. The molecule has 0 aliphatic heterocycles. The summed E-state index contributed by atoms with van der Waals surface area (Å²) in [7, 11) is 0. The van der Waals surface area contributed by atoms with Gasteiger partial charge in [0.1, 0.15) is 5.76 Å². The van der Waals surface area contributed by atoms with Gasteiger partial charge in [0.05, 0.1) is 12.0 Å². The van der Waals surface area contributed by atoms with Gasteiger partial charge in [-0.2, -0.15) is 11.8 Å². The number of nitrogens with one attached hydrogen (secondary N) is 2. The highest BCUT2D eigenvalue weighted by Gasteiger charge is 2.03. The van der Waals surface area contributed by atoms with Gasteiger partial charge in [0.15, 0.2) is 16.7 Å². The number of benzene rings is 1. The van der Waals surface area contributed by atoms with Gasteiger partial charge in [0.25, 0.3) is 0 Å². The Bertz CT molecular complexity index is 606. The summed E-state index contributed by atoms with van der Waals surface area (Å²) in [5.74, 6) is 1.01. The summed E-state index contributed by atoms with van der Waals surface area (Å²) in [6.07, 6.45) is 2.60. The summed E-state index contributed by atoms with van der Waals surface area (Å²) in [5, 5.41) is 6.23. The van der Waals surface area contributed by atoms with E-state index in [4.69, 9.17) is 16.6 Å². The Morgan fingerprint density at radius 3 is 2.82 bits per heavy atom. The molecule has 0 amide bonds. The monoisotopic (exact) mass is 342 g/mol. The molecule has 0 atom stereocenters. The van der Waals surface area contributed by atoms with Gasteiger partial charge in [-0.3, -0.25) is 0 Å². The van der Waals surface area contributed by atoms with Gasteiger partial charge >= 0.3 is 0 Å². The minimum atomic E-state index is -0.901. The quantitative estimate of drug-likeness (QED) is 0.583. The van der Waals surface area contributed by atoms with Crippen molar-refractivity contribution in [3.63, 3.8) is 0 Å². The Morgan fingerprint density at radius 1 is 1.23 bits per heavy atom. The van der Waals surface area contributed by atoms with Crippen molar-refractivity contribution < 1.29 is 13.2 Å². The van der Waals surface area contributed by atoms with Gasteiger partial charge in [-0.05, 0) is 48.7 Å². The normalized spacial score (nSPS) is 10.5. The van der Waals surface area contributed by atoms with Crippen molar-refractivity contribution in [2.45, 2.75) is 12.2 Å². The standard InChI is InChI=1S/C15H16F2N2OS2/c16-13-5-4-11(9-14(13)17)19-15(21)18-6-2-8-22-10-12-3-1-7-20-12/h1,3-5,7,9H,2,6,8,10H2,(H2,18,19,21). The smallest absolute Gasteiger partial charge is 0.170 e. The van der Waals surface area contributed by atoms with Crippen molar-refractivity contribution in [3.8, 4) is 0 Å². The third kappa shape index (κ3) is 5.65. The molecule has 118 valence electrons. The van der Waals surface area contributed by atoms with Crippen LogP contribution in [0, 0.1) is 11.6 Å². The third-order valence-corrected chi connectivity index (χ3v) is 4.07. The molecule has 2 N–H and O–H groups in total. The van der Waals surface area contributed by atoms with E-state index in [0.29, 0.717) is 17.3 Å². The third-order valence-electron chi connectivity index (χ3n) is 2.75. The first-order valence-electron chi connectivity index (χ1n) is 6.75. The molecule has 1 aromatic heterocycles. The number of thiocarbonyl (C=S) groups is 1. The lowest BCUT2D eigenvalue weighted by Crippen LogP contribution is -2.29. The van der Waals surface area contributed by atoms with Gasteiger partial charge in [0, 0.05) is 18.3 Å². The number of hydrogen-bond acceptors (Lipinski definition) is 3. The zero-order chi connectivity index (χ0) is 15.8. The molecule has 0 saturated carbocycles. The van der Waals surface area contributed by atoms with E-state index >= 15 is 0 Å². The van der Waals surface area contributed by atoms with Crippen LogP contribution in [0.4, 0.5) is 14.5 Å². The van der Waals surface area contributed by atoms with Crippen molar-refractivity contribution in [1.82, 2.24) is 5.32 Å². The van der Waals surface area contributed by atoms with Crippen LogP contribution in [0.25, 0.3) is 0 Å². The Hall–Kier alpha value is -1.60. The fourth-order valence-electron chi connectivity index (χ4n) is 1.69. The van der Waals surface area contributed by atoms with E-state index in [-0.39, 0.29) is 0 Å². The van der Waals surface area contributed by atoms with Crippen molar-refractivity contribution >= 4 is 34.8 Å². The van der Waals surface area contributed by atoms with Crippen molar-refractivity contribution in [3.05, 3.63) is 54.0 Å². The van der Waals surface area contributed by atoms with Crippen LogP contribution >= 0.6 is 24.0 Å². The highest BCUT2D eigenvalue weighted by Crippen LogP contribution is 2.14. The minimum absolute atomic E-state index is 0.391. The molecular weight excluding hydrogens is 326 g/mol. The Labute approximate surface area is 137 Å². The Morgan fingerprint density at radius 2 is 2.09 bits per heavy atom. The fraction of sp³-hybridized carbons (Fsp3) is 0.267. The zero-order valence-corrected chi connectivity index (χ0v) is 13.4. The maximum absolute atomic E-state index is 13.0. The number of anilines is 1. The molecular formula is C15H16F2N2OS2. The highest BCUT2D eigenvalue weighted by atomic mass is 32.2. The molecule has 3 nitrogen and oxygen atoms in total. The van der Waals surface area contributed by atoms with Crippen LogP contribution in [0.3, 0.4) is 0 Å². The van der Waals surface area contributed by atoms with Crippen LogP contribution in [0.2, 0.25) is 0 Å². The first kappa shape index (κ1) is 16.8. The van der Waals surface area contributed by atoms with E-state index in [1.54, 1.807) is 18.0 Å². The summed E-state index contributed by atoms with van der Waals surface area (Å²) < 4.78 is 31.1. The molecule has 1 heterocycles. The van der Waals surface area contributed by atoms with Crippen LogP contribution in [0.5, 0.6) is 0 Å². The lowest BCUT2D eigenvalue weighted by molar-refractivity contribution is 0.509. The molecule has 0 bridgehead atoms. The summed E-state index contributed by atoms with van der Waals surface area (Å²) in [4.78, 5) is 0. The average Bonchev–Trinajstić information content (AvgIpc) is 3.00. The zero-order valence-electron chi connectivity index (χ0n) is 11.8. The van der Waals surface area contributed by atoms with E-state index in [0.717, 1.165) is 35.8 Å². The van der Waals surface area contributed by atoms with E-state index in [2.05, 4.69) is 10.6 Å². The lowest BCUT2D eigenvalue weighted by atomic mass is 10.3. The van der Waals surface area contributed by atoms with Crippen molar-refractivity contribution in [2.75, 3.05) is 17.6 Å². The molecule has 2 aromatic rings. The molecule has 0 aliphatic carbocycles. The van der Waals surface area contributed by atoms with Gasteiger partial charge in [-0.1, -0.05) is 0 Å². The second kappa shape index (κ2) is 8.75. The van der Waals surface area contributed by atoms with Gasteiger partial charge in [0.2, 0.25) is 0 Å². The Balaban J connectivity index is 1.58. The van der Waals surface area contributed by atoms with Gasteiger partial charge in [-0.25, -0.2) is 8.78 Å². The predicted octanol–water partition coefficient (Wildman–Crippen LogP) is 4.17. The maximum Gasteiger partial charge on any atom is 0.170 e. The van der Waals surface area contributed by atoms with Crippen LogP contribution in [0.15, 0.2) is 41.0 Å². The minimum Gasteiger partial charge on any atom is -0.468 e. The molecule has 22 heavy (non-hydrogen) atoms. The lowest BCUT2D eigenvalue weighted by Gasteiger charge is -2.10. The second-order valence-corrected chi connectivity index (χ2v) is 6.01. The molecule has 1 aromatic carbocycles. The fourth-order valence-corrected chi connectivity index (χ4v) is 2.77. The highest BCUT2D eigenvalue weighted by molar-refractivity contribution is 7.98. The van der Waals surface area contributed by atoms with E-state index in [1.807, 2.05) is 12.1 Å². The Kier molecular flexibility index (Phi) is 6.67. The number of thioether (sulfide) groups is 1. The second-order valence-electron chi connectivity index (χ2n) is 4.50. The first-order valence-corrected chi connectivity index (χ1v) is 8.31. The SMILES string of the molecule is Fc1ccc(NC(=S)NCCCSCc2ccco2)cc1F. The molecule has 2 rings (SSSR count). The summed E-state index contributed by atoms with van der Waals surface area (Å²) in [6, 6.07) is 7.39. The van der Waals surface area contributed by atoms with Crippen LogP contribution in [-0.4, -0.2) is 17.4 Å². The van der Waals surface area contributed by atoms with Crippen molar-refractivity contribution in [2.24, 2.45) is 0 Å². The summed E-state index contributed by atoms with van der Waals surface area (Å²) >= 11 is 6.88. The summed E-state index contributed by atoms with van der Waals surface area (Å²) in [6.45, 7) is 0.709.